The summed E-state index contributed by atoms with van der Waals surface area (Å²) in [7, 11) is 0. The van der Waals surface area contributed by atoms with Crippen LogP contribution >= 0.6 is 0 Å². The fourth-order valence-electron chi connectivity index (χ4n) is 4.70. The van der Waals surface area contributed by atoms with E-state index in [1.54, 1.807) is 4.90 Å². The Hall–Kier alpha value is -2.82. The number of benzene rings is 2. The van der Waals surface area contributed by atoms with Crippen molar-refractivity contribution in [3.05, 3.63) is 70.8 Å². The number of carbonyl (C=O) groups excluding carboxylic acids is 2. The van der Waals surface area contributed by atoms with Crippen molar-refractivity contribution in [3.8, 4) is 0 Å². The third-order valence-electron chi connectivity index (χ3n) is 6.76. The van der Waals surface area contributed by atoms with Gasteiger partial charge >= 0.3 is 6.09 Å². The number of amides is 2. The van der Waals surface area contributed by atoms with Crippen molar-refractivity contribution in [1.82, 2.24) is 9.80 Å². The molecule has 5 heteroatoms. The first-order valence-corrected chi connectivity index (χ1v) is 11.4. The van der Waals surface area contributed by atoms with Gasteiger partial charge in [0.2, 0.25) is 5.91 Å². The Bertz CT molecular complexity index is 920. The Morgan fingerprint density at radius 1 is 0.935 bits per heavy atom. The zero-order valence-electron chi connectivity index (χ0n) is 18.5. The molecule has 0 radical (unpaired) electrons. The lowest BCUT2D eigenvalue weighted by Crippen LogP contribution is -2.44. The van der Waals surface area contributed by atoms with Crippen LogP contribution in [0.15, 0.2) is 48.5 Å². The molecule has 0 aromatic heterocycles. The van der Waals surface area contributed by atoms with Crippen molar-refractivity contribution in [2.75, 3.05) is 19.6 Å². The fourth-order valence-corrected chi connectivity index (χ4v) is 4.70. The van der Waals surface area contributed by atoms with Crippen LogP contribution in [-0.4, -0.2) is 41.4 Å². The van der Waals surface area contributed by atoms with Crippen LogP contribution in [0.25, 0.3) is 0 Å². The molecule has 0 spiro atoms. The highest BCUT2D eigenvalue weighted by Crippen LogP contribution is 2.35. The van der Waals surface area contributed by atoms with E-state index in [1.807, 2.05) is 30.3 Å². The lowest BCUT2D eigenvalue weighted by Gasteiger charge is -2.34. The predicted octanol–water partition coefficient (Wildman–Crippen LogP) is 5.02. The SMILES string of the molecule is Cc1ccc(C2CCCN2C(=O)C2CCN(C(=O)OCc3ccccc3)CC2)cc1C. The van der Waals surface area contributed by atoms with Crippen LogP contribution in [0, 0.1) is 19.8 Å². The van der Waals surface area contributed by atoms with Crippen LogP contribution in [0.5, 0.6) is 0 Å². The molecule has 0 saturated carbocycles. The molecule has 2 aliphatic rings. The number of hydrogen-bond acceptors (Lipinski definition) is 3. The van der Waals surface area contributed by atoms with E-state index < -0.39 is 0 Å². The molecule has 0 bridgehead atoms. The van der Waals surface area contributed by atoms with Crippen LogP contribution in [0.4, 0.5) is 4.79 Å². The molecule has 2 fully saturated rings. The molecule has 0 aliphatic carbocycles. The highest BCUT2D eigenvalue weighted by Gasteiger charge is 2.36. The lowest BCUT2D eigenvalue weighted by molar-refractivity contribution is -0.138. The second-order valence-electron chi connectivity index (χ2n) is 8.83. The summed E-state index contributed by atoms with van der Waals surface area (Å²) in [5.41, 5.74) is 4.79. The topological polar surface area (TPSA) is 49.9 Å². The zero-order valence-corrected chi connectivity index (χ0v) is 18.5. The van der Waals surface area contributed by atoms with Crippen LogP contribution in [0.1, 0.15) is 54.0 Å². The monoisotopic (exact) mass is 420 g/mol. The molecule has 2 saturated heterocycles. The van der Waals surface area contributed by atoms with Gasteiger partial charge in [-0.1, -0.05) is 48.5 Å². The van der Waals surface area contributed by atoms with E-state index in [1.165, 1.54) is 16.7 Å². The van der Waals surface area contributed by atoms with E-state index in [0.717, 1.165) is 24.9 Å². The molecule has 2 heterocycles. The van der Waals surface area contributed by atoms with Gasteiger partial charge in [-0.3, -0.25) is 4.79 Å². The molecule has 1 unspecified atom stereocenters. The number of nitrogens with zero attached hydrogens (tertiary/aromatic N) is 2. The largest absolute Gasteiger partial charge is 0.445 e. The van der Waals surface area contributed by atoms with Gasteiger partial charge in [-0.15, -0.1) is 0 Å². The molecule has 164 valence electrons. The van der Waals surface area contributed by atoms with Crippen LogP contribution in [-0.2, 0) is 16.1 Å². The van der Waals surface area contributed by atoms with Crippen molar-refractivity contribution < 1.29 is 14.3 Å². The molecule has 31 heavy (non-hydrogen) atoms. The molecule has 2 aromatic rings. The zero-order chi connectivity index (χ0) is 21.8. The minimum atomic E-state index is -0.288. The summed E-state index contributed by atoms with van der Waals surface area (Å²) in [5, 5.41) is 0. The van der Waals surface area contributed by atoms with Crippen LogP contribution in [0.2, 0.25) is 0 Å². The quantitative estimate of drug-likeness (QED) is 0.698. The van der Waals surface area contributed by atoms with Gasteiger partial charge in [0.05, 0.1) is 6.04 Å². The molecule has 5 nitrogen and oxygen atoms in total. The molecular formula is C26H32N2O3. The normalized spacial score (nSPS) is 19.5. The summed E-state index contributed by atoms with van der Waals surface area (Å²) in [5.74, 6) is 0.239. The number of carbonyl (C=O) groups is 2. The fraction of sp³-hybridized carbons (Fsp3) is 0.462. The average Bonchev–Trinajstić information content (AvgIpc) is 3.29. The Morgan fingerprint density at radius 3 is 2.39 bits per heavy atom. The van der Waals surface area contributed by atoms with Gasteiger partial charge in [-0.2, -0.15) is 0 Å². The van der Waals surface area contributed by atoms with E-state index >= 15 is 0 Å². The molecule has 0 N–H and O–H groups in total. The summed E-state index contributed by atoms with van der Waals surface area (Å²) in [4.78, 5) is 29.5. The van der Waals surface area contributed by atoms with E-state index in [0.29, 0.717) is 25.9 Å². The maximum Gasteiger partial charge on any atom is 0.410 e. The highest BCUT2D eigenvalue weighted by molar-refractivity contribution is 5.80. The first-order valence-electron chi connectivity index (χ1n) is 11.4. The van der Waals surface area contributed by atoms with E-state index in [4.69, 9.17) is 4.74 Å². The molecule has 2 aromatic carbocycles. The second kappa shape index (κ2) is 9.54. The smallest absolute Gasteiger partial charge is 0.410 e. The van der Waals surface area contributed by atoms with Gasteiger partial charge in [0.25, 0.3) is 0 Å². The van der Waals surface area contributed by atoms with Gasteiger partial charge in [0, 0.05) is 25.6 Å². The first-order chi connectivity index (χ1) is 15.0. The Balaban J connectivity index is 1.31. The Labute approximate surface area is 185 Å². The summed E-state index contributed by atoms with van der Waals surface area (Å²) >= 11 is 0. The van der Waals surface area contributed by atoms with Crippen molar-refractivity contribution in [2.45, 2.75) is 52.2 Å². The standard InChI is InChI=1S/C26H32N2O3/c1-19-10-11-23(17-20(19)2)24-9-6-14-28(24)25(29)22-12-15-27(16-13-22)26(30)31-18-21-7-4-3-5-8-21/h3-5,7-8,10-11,17,22,24H,6,9,12-16,18H2,1-2H3. The van der Waals surface area contributed by atoms with Gasteiger partial charge in [-0.05, 0) is 61.8 Å². The van der Waals surface area contributed by atoms with Crippen molar-refractivity contribution >= 4 is 12.0 Å². The van der Waals surface area contributed by atoms with Crippen molar-refractivity contribution in [1.29, 1.82) is 0 Å². The van der Waals surface area contributed by atoms with E-state index in [-0.39, 0.29) is 30.6 Å². The summed E-state index contributed by atoms with van der Waals surface area (Å²) < 4.78 is 5.45. The molecule has 2 amide bonds. The number of rotatable bonds is 4. The van der Waals surface area contributed by atoms with Crippen molar-refractivity contribution in [3.63, 3.8) is 0 Å². The lowest BCUT2D eigenvalue weighted by atomic mass is 9.94. The second-order valence-corrected chi connectivity index (χ2v) is 8.83. The van der Waals surface area contributed by atoms with Crippen LogP contribution in [0.3, 0.4) is 0 Å². The van der Waals surface area contributed by atoms with Gasteiger partial charge in [-0.25, -0.2) is 4.79 Å². The third kappa shape index (κ3) is 4.92. The number of likely N-dealkylation sites (tertiary alicyclic amines) is 2. The average molecular weight is 421 g/mol. The number of hydrogen-bond donors (Lipinski definition) is 0. The molecular weight excluding hydrogens is 388 g/mol. The first kappa shape index (κ1) is 21.4. The van der Waals surface area contributed by atoms with E-state index in [2.05, 4.69) is 36.9 Å². The maximum absolute atomic E-state index is 13.3. The Morgan fingerprint density at radius 2 is 1.68 bits per heavy atom. The molecule has 2 aliphatic heterocycles. The van der Waals surface area contributed by atoms with E-state index in [9.17, 15) is 9.59 Å². The minimum absolute atomic E-state index is 0.00896. The minimum Gasteiger partial charge on any atom is -0.445 e. The van der Waals surface area contributed by atoms with Gasteiger partial charge in [0.15, 0.2) is 0 Å². The maximum atomic E-state index is 13.3. The predicted molar refractivity (Wildman–Crippen MR) is 121 cm³/mol. The highest BCUT2D eigenvalue weighted by atomic mass is 16.6. The number of ether oxygens (including phenoxy) is 1. The van der Waals surface area contributed by atoms with Gasteiger partial charge in [0.1, 0.15) is 6.61 Å². The van der Waals surface area contributed by atoms with Crippen LogP contribution < -0.4 is 0 Å². The summed E-state index contributed by atoms with van der Waals surface area (Å²) in [6.45, 7) is 6.51. The summed E-state index contributed by atoms with van der Waals surface area (Å²) in [6, 6.07) is 16.4. The third-order valence-corrected chi connectivity index (χ3v) is 6.76. The Kier molecular flexibility index (Phi) is 6.59. The summed E-state index contributed by atoms with van der Waals surface area (Å²) in [6.07, 6.45) is 3.20. The van der Waals surface area contributed by atoms with Crippen molar-refractivity contribution in [2.24, 2.45) is 5.92 Å². The van der Waals surface area contributed by atoms with Gasteiger partial charge < -0.3 is 14.5 Å². The molecule has 4 rings (SSSR count). The number of piperidine rings is 1. The number of aryl methyl sites for hydroxylation is 2. The molecule has 1 atom stereocenters.